The van der Waals surface area contributed by atoms with Crippen LogP contribution in [0.3, 0.4) is 0 Å². The number of carbonyl (C=O) groups excluding carboxylic acids is 2. The number of fused-ring (bicyclic) bond motifs is 10. The number of aromatic hydroxyl groups is 1. The molecule has 5 aliphatic heterocycles. The summed E-state index contributed by atoms with van der Waals surface area (Å²) < 4.78 is 24.2. The molecule has 0 radical (unpaired) electrons. The quantitative estimate of drug-likeness (QED) is 0.304. The van der Waals surface area contributed by atoms with Crippen molar-refractivity contribution in [3.8, 4) is 34.8 Å². The Morgan fingerprint density at radius 2 is 1.77 bits per heavy atom. The van der Waals surface area contributed by atoms with Crippen molar-refractivity contribution in [3.05, 3.63) is 87.5 Å². The van der Waals surface area contributed by atoms with E-state index in [4.69, 9.17) is 18.9 Å². The third-order valence-electron chi connectivity index (χ3n) is 10.8. The number of rotatable bonds is 6. The molecule has 48 heavy (non-hydrogen) atoms. The molecule has 2 amide bonds. The van der Waals surface area contributed by atoms with Crippen LogP contribution in [0, 0.1) is 25.2 Å². The Hall–Kier alpha value is -5.05. The van der Waals surface area contributed by atoms with Gasteiger partial charge in [0.15, 0.2) is 23.0 Å². The number of piperazine rings is 1. The number of methoxy groups -OCH3 is 1. The summed E-state index contributed by atoms with van der Waals surface area (Å²) in [5.41, 5.74) is 5.65. The molecule has 1 fully saturated rings. The van der Waals surface area contributed by atoms with E-state index >= 15 is 0 Å². The lowest BCUT2D eigenvalue weighted by Crippen LogP contribution is -2.68. The summed E-state index contributed by atoms with van der Waals surface area (Å²) in [4.78, 5) is 33.3. The highest BCUT2D eigenvalue weighted by Crippen LogP contribution is 2.58. The van der Waals surface area contributed by atoms with Gasteiger partial charge in [0, 0.05) is 40.9 Å². The van der Waals surface area contributed by atoms with Crippen LogP contribution in [-0.4, -0.2) is 83.8 Å². The Bertz CT molecular complexity index is 1930. The first kappa shape index (κ1) is 30.3. The fourth-order valence-corrected chi connectivity index (χ4v) is 8.92. The minimum absolute atomic E-state index is 0.00670. The van der Waals surface area contributed by atoms with Crippen LogP contribution in [0.1, 0.15) is 66.2 Å². The van der Waals surface area contributed by atoms with E-state index in [2.05, 4.69) is 28.5 Å². The largest absolute Gasteiger partial charge is 0.504 e. The highest BCUT2D eigenvalue weighted by Gasteiger charge is 2.57. The first-order valence-electron chi connectivity index (χ1n) is 16.1. The van der Waals surface area contributed by atoms with Crippen LogP contribution in [0.2, 0.25) is 0 Å². The van der Waals surface area contributed by atoms with Gasteiger partial charge in [-0.3, -0.25) is 24.3 Å². The van der Waals surface area contributed by atoms with Crippen LogP contribution >= 0.6 is 0 Å². The molecule has 2 unspecified atom stereocenters. The van der Waals surface area contributed by atoms with Crippen LogP contribution in [0.5, 0.6) is 28.7 Å². The third-order valence-corrected chi connectivity index (χ3v) is 10.8. The fourth-order valence-electron chi connectivity index (χ4n) is 8.92. The number of aryl methyl sites for hydroxylation is 1. The minimum atomic E-state index is -0.650. The molecule has 0 aromatic heterocycles. The van der Waals surface area contributed by atoms with Gasteiger partial charge >= 0.3 is 0 Å². The lowest BCUT2D eigenvalue weighted by molar-refractivity contribution is -0.0758. The van der Waals surface area contributed by atoms with Gasteiger partial charge in [0.2, 0.25) is 6.79 Å². The number of ether oxygens (including phenoxy) is 4. The summed E-state index contributed by atoms with van der Waals surface area (Å²) in [5, 5.41) is 22.7. The number of benzene rings is 3. The number of likely N-dealkylation sites (N-methyl/N-ethyl adjacent to an activating group) is 1. The number of carbonyl (C=O) groups is 2. The van der Waals surface area contributed by atoms with E-state index in [1.54, 1.807) is 37.5 Å². The van der Waals surface area contributed by atoms with Gasteiger partial charge in [-0.2, -0.15) is 5.26 Å². The van der Waals surface area contributed by atoms with E-state index in [9.17, 15) is 20.0 Å². The molecular formula is C37H36N4O7. The van der Waals surface area contributed by atoms with Gasteiger partial charge in [0.05, 0.1) is 36.4 Å². The van der Waals surface area contributed by atoms with Gasteiger partial charge in [0.1, 0.15) is 18.4 Å². The molecule has 5 atom stereocenters. The number of hydrogen-bond acceptors (Lipinski definition) is 10. The number of nitriles is 1. The highest BCUT2D eigenvalue weighted by molar-refractivity contribution is 6.21. The van der Waals surface area contributed by atoms with Crippen molar-refractivity contribution in [2.75, 3.05) is 34.1 Å². The number of phenolic OH excluding ortho intramolecular Hbond substituents is 1. The molecular weight excluding hydrogens is 612 g/mol. The lowest BCUT2D eigenvalue weighted by atomic mass is 9.71. The Morgan fingerprint density at radius 3 is 2.44 bits per heavy atom. The molecule has 3 aromatic rings. The van der Waals surface area contributed by atoms with Crippen LogP contribution in [-0.2, 0) is 12.8 Å². The molecule has 2 bridgehead atoms. The summed E-state index contributed by atoms with van der Waals surface area (Å²) in [6.07, 6.45) is 2.64. The monoisotopic (exact) mass is 648 g/mol. The average molecular weight is 649 g/mol. The third kappa shape index (κ3) is 3.99. The van der Waals surface area contributed by atoms with Gasteiger partial charge < -0.3 is 24.1 Å². The molecule has 0 spiro atoms. The smallest absolute Gasteiger partial charge is 0.261 e. The molecule has 1 saturated heterocycles. The Kier molecular flexibility index (Phi) is 6.95. The van der Waals surface area contributed by atoms with Crippen LogP contribution in [0.15, 0.2) is 43.0 Å². The van der Waals surface area contributed by atoms with E-state index in [1.165, 1.54) is 4.90 Å². The van der Waals surface area contributed by atoms with E-state index in [0.29, 0.717) is 47.0 Å². The summed E-state index contributed by atoms with van der Waals surface area (Å²) in [6.45, 7) is 7.92. The molecule has 246 valence electrons. The van der Waals surface area contributed by atoms with Gasteiger partial charge in [-0.25, -0.2) is 0 Å². The SMILES string of the molecule is C=CCOc1c(C)c2c(c3c1CC1C4c5c(cc(C)c(OC)c5O)C[C@@H]([C@H](C#N)N1[C@H]3CN1C(=O)c3ccccc3C1=O)N4C)OCO2. The second-order valence-corrected chi connectivity index (χ2v) is 13.1. The van der Waals surface area contributed by atoms with Crippen molar-refractivity contribution >= 4 is 11.8 Å². The number of phenols is 1. The highest BCUT2D eigenvalue weighted by atomic mass is 16.7. The van der Waals surface area contributed by atoms with Gasteiger partial charge in [-0.05, 0) is 57.0 Å². The number of hydrogen-bond donors (Lipinski definition) is 1. The van der Waals surface area contributed by atoms with Crippen molar-refractivity contribution in [1.82, 2.24) is 14.7 Å². The van der Waals surface area contributed by atoms with E-state index in [-0.39, 0.29) is 55.6 Å². The van der Waals surface area contributed by atoms with Gasteiger partial charge in [0.25, 0.3) is 11.8 Å². The van der Waals surface area contributed by atoms with Crippen LogP contribution in [0.4, 0.5) is 0 Å². The predicted octanol–water partition coefficient (Wildman–Crippen LogP) is 4.38. The zero-order valence-electron chi connectivity index (χ0n) is 27.3. The van der Waals surface area contributed by atoms with Crippen molar-refractivity contribution in [2.24, 2.45) is 0 Å². The normalized spacial score (nSPS) is 25.1. The fraction of sp³-hybridized carbons (Fsp3) is 0.378. The number of amides is 2. The van der Waals surface area contributed by atoms with Crippen molar-refractivity contribution < 1.29 is 33.6 Å². The molecule has 8 rings (SSSR count). The zero-order chi connectivity index (χ0) is 33.6. The zero-order valence-corrected chi connectivity index (χ0v) is 27.3. The van der Waals surface area contributed by atoms with Crippen molar-refractivity contribution in [1.29, 1.82) is 5.26 Å². The Labute approximate surface area is 278 Å². The molecule has 5 heterocycles. The second-order valence-electron chi connectivity index (χ2n) is 13.1. The standard InChI is InChI=1S/C37H36N4O7/c1-6-11-46-33-19(3)34-35(48-17-47-34)29-23(33)14-25-30-28-20(12-18(2)32(45-5)31(28)42)13-24(39(30)4)26(15-38)41(25)27(29)16-40-36(43)21-9-7-8-10-22(21)37(40)44/h6-10,12,24-27,30,42H,1,11,13-14,16-17H2,2-5H3/t24-,25?,26-,27-,30?/m0/s1. The van der Waals surface area contributed by atoms with Crippen LogP contribution < -0.4 is 18.9 Å². The van der Waals surface area contributed by atoms with E-state index in [1.807, 2.05) is 20.9 Å². The number of nitrogens with zero attached hydrogens (tertiary/aromatic N) is 4. The molecule has 11 nitrogen and oxygen atoms in total. The molecule has 11 heteroatoms. The summed E-state index contributed by atoms with van der Waals surface area (Å²) >= 11 is 0. The van der Waals surface area contributed by atoms with Crippen LogP contribution in [0.25, 0.3) is 0 Å². The maximum atomic E-state index is 13.8. The van der Waals surface area contributed by atoms with E-state index in [0.717, 1.165) is 33.4 Å². The topological polar surface area (TPSA) is 125 Å². The molecule has 0 saturated carbocycles. The summed E-state index contributed by atoms with van der Waals surface area (Å²) in [5.74, 6) is 1.46. The first-order valence-corrected chi connectivity index (χ1v) is 16.1. The maximum absolute atomic E-state index is 13.8. The lowest BCUT2D eigenvalue weighted by Gasteiger charge is -2.60. The van der Waals surface area contributed by atoms with Gasteiger partial charge in [-0.1, -0.05) is 30.9 Å². The summed E-state index contributed by atoms with van der Waals surface area (Å²) in [7, 11) is 3.55. The molecule has 5 aliphatic rings. The predicted molar refractivity (Wildman–Crippen MR) is 174 cm³/mol. The average Bonchev–Trinajstić information content (AvgIpc) is 3.65. The number of imide groups is 1. The maximum Gasteiger partial charge on any atom is 0.261 e. The molecule has 1 N–H and O–H groups in total. The minimum Gasteiger partial charge on any atom is -0.504 e. The first-order chi connectivity index (χ1) is 23.2. The van der Waals surface area contributed by atoms with Crippen molar-refractivity contribution in [3.63, 3.8) is 0 Å². The Morgan fingerprint density at radius 1 is 1.06 bits per heavy atom. The Balaban J connectivity index is 1.37. The summed E-state index contributed by atoms with van der Waals surface area (Å²) in [6, 6.07) is 9.26. The molecule has 3 aromatic carbocycles. The van der Waals surface area contributed by atoms with E-state index < -0.39 is 12.1 Å². The van der Waals surface area contributed by atoms with Crippen molar-refractivity contribution in [2.45, 2.75) is 56.9 Å². The second kappa shape index (κ2) is 11.0. The molecule has 0 aliphatic carbocycles. The van der Waals surface area contributed by atoms with Gasteiger partial charge in [-0.15, -0.1) is 0 Å².